The number of hydrogen-bond acceptors (Lipinski definition) is 6. The standard InChI is InChI=1S/C26H41N3O2S/c1-4-6-12-26(3,31)23-19-22(11-10-21(23)5-2)24-20-32-25(27-24)29-16-14-28(15-17-29)13-8-7-9-18-30/h10-11,19-20,30-31H,4-9,12-18H2,1-3H3. The number of piperazine rings is 1. The van der Waals surface area contributed by atoms with Gasteiger partial charge in [0.1, 0.15) is 0 Å². The second-order valence-electron chi connectivity index (χ2n) is 9.23. The van der Waals surface area contributed by atoms with Crippen molar-refractivity contribution in [1.29, 1.82) is 0 Å². The number of benzene rings is 1. The van der Waals surface area contributed by atoms with E-state index in [-0.39, 0.29) is 0 Å². The third kappa shape index (κ3) is 6.53. The Morgan fingerprint density at radius 2 is 1.84 bits per heavy atom. The molecule has 1 saturated heterocycles. The zero-order valence-corrected chi connectivity index (χ0v) is 21.0. The van der Waals surface area contributed by atoms with Gasteiger partial charge in [-0.05, 0) is 62.8 Å². The number of nitrogens with zero attached hydrogens (tertiary/aromatic N) is 3. The number of aryl methyl sites for hydroxylation is 1. The number of anilines is 1. The number of hydrogen-bond donors (Lipinski definition) is 2. The first-order valence-corrected chi connectivity index (χ1v) is 13.3. The van der Waals surface area contributed by atoms with Crippen molar-refractivity contribution < 1.29 is 10.2 Å². The number of rotatable bonds is 12. The molecule has 2 N–H and O–H groups in total. The molecule has 0 aliphatic carbocycles. The lowest BCUT2D eigenvalue weighted by atomic mass is 9.85. The van der Waals surface area contributed by atoms with Crippen molar-refractivity contribution >= 4 is 16.5 Å². The fourth-order valence-electron chi connectivity index (χ4n) is 4.53. The molecule has 2 aromatic rings. The third-order valence-corrected chi connectivity index (χ3v) is 7.55. The van der Waals surface area contributed by atoms with E-state index >= 15 is 0 Å². The minimum atomic E-state index is -0.802. The summed E-state index contributed by atoms with van der Waals surface area (Å²) < 4.78 is 0. The fourth-order valence-corrected chi connectivity index (χ4v) is 5.42. The summed E-state index contributed by atoms with van der Waals surface area (Å²) in [5.41, 5.74) is 3.57. The minimum absolute atomic E-state index is 0.305. The summed E-state index contributed by atoms with van der Waals surface area (Å²) in [5.74, 6) is 0. The lowest BCUT2D eigenvalue weighted by Crippen LogP contribution is -2.46. The highest BCUT2D eigenvalue weighted by Gasteiger charge is 2.26. The maximum absolute atomic E-state index is 11.2. The van der Waals surface area contributed by atoms with E-state index < -0.39 is 5.60 Å². The molecular weight excluding hydrogens is 418 g/mol. The minimum Gasteiger partial charge on any atom is -0.396 e. The Labute approximate surface area is 198 Å². The zero-order chi connectivity index (χ0) is 23.0. The Morgan fingerprint density at radius 1 is 1.06 bits per heavy atom. The summed E-state index contributed by atoms with van der Waals surface area (Å²) in [6.45, 7) is 11.9. The molecule has 1 unspecified atom stereocenters. The van der Waals surface area contributed by atoms with E-state index in [9.17, 15) is 5.11 Å². The number of thiazole rings is 1. The van der Waals surface area contributed by atoms with E-state index in [1.807, 2.05) is 6.92 Å². The van der Waals surface area contributed by atoms with Crippen LogP contribution < -0.4 is 4.90 Å². The van der Waals surface area contributed by atoms with Gasteiger partial charge in [0.15, 0.2) is 5.13 Å². The number of unbranched alkanes of at least 4 members (excludes halogenated alkanes) is 3. The van der Waals surface area contributed by atoms with E-state index in [2.05, 4.69) is 47.2 Å². The van der Waals surface area contributed by atoms with Crippen molar-refractivity contribution in [2.24, 2.45) is 0 Å². The Morgan fingerprint density at radius 3 is 2.53 bits per heavy atom. The average molecular weight is 460 g/mol. The van der Waals surface area contributed by atoms with E-state index in [1.54, 1.807) is 11.3 Å². The van der Waals surface area contributed by atoms with Crippen LogP contribution in [0.1, 0.15) is 70.4 Å². The highest BCUT2D eigenvalue weighted by atomic mass is 32.1. The molecule has 32 heavy (non-hydrogen) atoms. The lowest BCUT2D eigenvalue weighted by molar-refractivity contribution is 0.0445. The lowest BCUT2D eigenvalue weighted by Gasteiger charge is -2.34. The van der Waals surface area contributed by atoms with Gasteiger partial charge in [-0.25, -0.2) is 4.98 Å². The molecule has 1 fully saturated rings. The molecular formula is C26H41N3O2S. The van der Waals surface area contributed by atoms with Crippen molar-refractivity contribution in [3.05, 3.63) is 34.7 Å². The van der Waals surface area contributed by atoms with Crippen LogP contribution in [0.2, 0.25) is 0 Å². The summed E-state index contributed by atoms with van der Waals surface area (Å²) in [7, 11) is 0. The number of aliphatic hydroxyl groups is 2. The van der Waals surface area contributed by atoms with Crippen LogP contribution in [-0.2, 0) is 12.0 Å². The molecule has 6 heteroatoms. The van der Waals surface area contributed by atoms with Crippen molar-refractivity contribution in [2.45, 2.75) is 71.3 Å². The summed E-state index contributed by atoms with van der Waals surface area (Å²) >= 11 is 1.72. The van der Waals surface area contributed by atoms with Crippen molar-refractivity contribution in [3.8, 4) is 11.3 Å². The smallest absolute Gasteiger partial charge is 0.185 e. The molecule has 5 nitrogen and oxygen atoms in total. The first kappa shape index (κ1) is 25.2. The van der Waals surface area contributed by atoms with Crippen molar-refractivity contribution in [2.75, 3.05) is 44.2 Å². The van der Waals surface area contributed by atoms with Gasteiger partial charge < -0.3 is 15.1 Å². The monoisotopic (exact) mass is 459 g/mol. The third-order valence-electron chi connectivity index (χ3n) is 6.65. The zero-order valence-electron chi connectivity index (χ0n) is 20.1. The molecule has 1 aromatic heterocycles. The topological polar surface area (TPSA) is 59.8 Å². The second kappa shape index (κ2) is 12.1. The molecule has 0 saturated carbocycles. The second-order valence-corrected chi connectivity index (χ2v) is 10.1. The SMILES string of the molecule is CCCCC(C)(O)c1cc(-c2csc(N3CCN(CCCCCO)CC3)n2)ccc1CC. The van der Waals surface area contributed by atoms with Crippen LogP contribution in [0.4, 0.5) is 5.13 Å². The van der Waals surface area contributed by atoms with E-state index in [0.29, 0.717) is 6.61 Å². The van der Waals surface area contributed by atoms with Gasteiger partial charge in [0.05, 0.1) is 11.3 Å². The molecule has 0 bridgehead atoms. The van der Waals surface area contributed by atoms with Crippen LogP contribution in [0.5, 0.6) is 0 Å². The Bertz CT molecular complexity index is 828. The summed E-state index contributed by atoms with van der Waals surface area (Å²) in [6.07, 6.45) is 7.00. The number of aliphatic hydroxyl groups excluding tert-OH is 1. The molecule has 1 aliphatic heterocycles. The molecule has 0 amide bonds. The first-order valence-electron chi connectivity index (χ1n) is 12.4. The predicted molar refractivity (Wildman–Crippen MR) is 136 cm³/mol. The Kier molecular flexibility index (Phi) is 9.53. The molecule has 0 radical (unpaired) electrons. The van der Waals surface area contributed by atoms with Gasteiger partial charge in [-0.15, -0.1) is 11.3 Å². The Hall–Kier alpha value is -1.47. The highest BCUT2D eigenvalue weighted by molar-refractivity contribution is 7.14. The summed E-state index contributed by atoms with van der Waals surface area (Å²) in [6, 6.07) is 6.48. The van der Waals surface area contributed by atoms with E-state index in [4.69, 9.17) is 10.1 Å². The van der Waals surface area contributed by atoms with Crippen LogP contribution >= 0.6 is 11.3 Å². The van der Waals surface area contributed by atoms with Gasteiger partial charge in [-0.3, -0.25) is 4.90 Å². The Balaban J connectivity index is 1.66. The molecule has 1 aromatic carbocycles. The van der Waals surface area contributed by atoms with Gasteiger partial charge in [-0.2, -0.15) is 0 Å². The molecule has 2 heterocycles. The van der Waals surface area contributed by atoms with Crippen LogP contribution in [0.25, 0.3) is 11.3 Å². The van der Waals surface area contributed by atoms with Crippen molar-refractivity contribution in [3.63, 3.8) is 0 Å². The number of aromatic nitrogens is 1. The fraction of sp³-hybridized carbons (Fsp3) is 0.654. The highest BCUT2D eigenvalue weighted by Crippen LogP contribution is 2.35. The average Bonchev–Trinajstić information content (AvgIpc) is 3.31. The summed E-state index contributed by atoms with van der Waals surface area (Å²) in [4.78, 5) is 9.90. The maximum Gasteiger partial charge on any atom is 0.185 e. The van der Waals surface area contributed by atoms with E-state index in [0.717, 1.165) is 93.2 Å². The van der Waals surface area contributed by atoms with Crippen LogP contribution in [0.15, 0.2) is 23.6 Å². The van der Waals surface area contributed by atoms with Crippen molar-refractivity contribution in [1.82, 2.24) is 9.88 Å². The molecule has 178 valence electrons. The van der Waals surface area contributed by atoms with E-state index in [1.165, 1.54) is 12.0 Å². The molecule has 1 atom stereocenters. The first-order chi connectivity index (χ1) is 15.5. The van der Waals surface area contributed by atoms with Crippen LogP contribution in [0, 0.1) is 0 Å². The van der Waals surface area contributed by atoms with Gasteiger partial charge in [-0.1, -0.05) is 38.8 Å². The normalized spacial score (nSPS) is 17.0. The molecule has 1 aliphatic rings. The predicted octanol–water partition coefficient (Wildman–Crippen LogP) is 5.05. The molecule has 0 spiro atoms. The van der Waals surface area contributed by atoms with Gasteiger partial charge >= 0.3 is 0 Å². The molecule has 3 rings (SSSR count). The van der Waals surface area contributed by atoms with Crippen LogP contribution in [0.3, 0.4) is 0 Å². The maximum atomic E-state index is 11.2. The largest absolute Gasteiger partial charge is 0.396 e. The van der Waals surface area contributed by atoms with Gasteiger partial charge in [0.2, 0.25) is 0 Å². The quantitative estimate of drug-likeness (QED) is 0.435. The van der Waals surface area contributed by atoms with Gasteiger partial charge in [0.25, 0.3) is 0 Å². The van der Waals surface area contributed by atoms with Crippen LogP contribution in [-0.4, -0.2) is 59.4 Å². The summed E-state index contributed by atoms with van der Waals surface area (Å²) in [5, 5.41) is 23.4. The van der Waals surface area contributed by atoms with Gasteiger partial charge in [0, 0.05) is 43.7 Å².